The molecule has 98 valence electrons. The van der Waals surface area contributed by atoms with Crippen molar-refractivity contribution in [3.63, 3.8) is 0 Å². The van der Waals surface area contributed by atoms with Gasteiger partial charge in [0.05, 0.1) is 0 Å². The highest BCUT2D eigenvalue weighted by Crippen LogP contribution is 2.25. The van der Waals surface area contributed by atoms with E-state index < -0.39 is 0 Å². The first kappa shape index (κ1) is 14.2. The van der Waals surface area contributed by atoms with E-state index in [-0.39, 0.29) is 11.3 Å². The van der Waals surface area contributed by atoms with Gasteiger partial charge in [0.1, 0.15) is 5.03 Å². The van der Waals surface area contributed by atoms with Gasteiger partial charge in [-0.1, -0.05) is 37.3 Å². The fraction of sp³-hybridized carbons (Fsp3) is 0.200. The molecule has 0 aliphatic carbocycles. The smallest absolute Gasteiger partial charge is 0.189 e. The van der Waals surface area contributed by atoms with Crippen LogP contribution in [0.25, 0.3) is 0 Å². The van der Waals surface area contributed by atoms with Gasteiger partial charge in [0, 0.05) is 28.1 Å². The largest absolute Gasteiger partial charge is 0.289 e. The molecule has 0 spiro atoms. The van der Waals surface area contributed by atoms with Gasteiger partial charge in [-0.05, 0) is 12.5 Å². The van der Waals surface area contributed by atoms with Crippen molar-refractivity contribution in [1.82, 2.24) is 4.98 Å². The summed E-state index contributed by atoms with van der Waals surface area (Å²) in [5.74, 6) is -0.0486. The summed E-state index contributed by atoms with van der Waals surface area (Å²) in [5.41, 5.74) is 2.26. The first-order chi connectivity index (χ1) is 9.02. The van der Waals surface area contributed by atoms with Crippen molar-refractivity contribution < 1.29 is 0 Å². The third-order valence-corrected chi connectivity index (χ3v) is 4.06. The molecule has 2 aromatic rings. The molecule has 0 aliphatic heterocycles. The van der Waals surface area contributed by atoms with Gasteiger partial charge in [0.2, 0.25) is 0 Å². The summed E-state index contributed by atoms with van der Waals surface area (Å²) in [6, 6.07) is 9.88. The molecule has 0 radical (unpaired) electrons. The SMILES string of the molecule is Cc1c(S)cnc(S)c([C@H](C)c2ccccc2)c1=O. The molecule has 1 aromatic heterocycles. The second-order valence-corrected chi connectivity index (χ2v) is 5.37. The van der Waals surface area contributed by atoms with Crippen molar-refractivity contribution >= 4 is 25.3 Å². The summed E-state index contributed by atoms with van der Waals surface area (Å²) in [7, 11) is 0. The van der Waals surface area contributed by atoms with Crippen LogP contribution in [0.2, 0.25) is 0 Å². The number of nitrogens with zero attached hydrogens (tertiary/aromatic N) is 1. The zero-order valence-electron chi connectivity index (χ0n) is 10.8. The maximum Gasteiger partial charge on any atom is 0.189 e. The Labute approximate surface area is 123 Å². The monoisotopic (exact) mass is 289 g/mol. The number of aromatic nitrogens is 1. The van der Waals surface area contributed by atoms with Crippen LogP contribution < -0.4 is 5.43 Å². The first-order valence-electron chi connectivity index (χ1n) is 5.99. The van der Waals surface area contributed by atoms with E-state index in [1.165, 1.54) is 0 Å². The normalized spacial score (nSPS) is 12.2. The highest BCUT2D eigenvalue weighted by Gasteiger charge is 2.17. The molecule has 0 N–H and O–H groups in total. The number of rotatable bonds is 2. The van der Waals surface area contributed by atoms with Crippen LogP contribution in [-0.2, 0) is 0 Å². The fourth-order valence-electron chi connectivity index (χ4n) is 2.01. The molecule has 1 heterocycles. The Balaban J connectivity index is 2.68. The van der Waals surface area contributed by atoms with Crippen molar-refractivity contribution in [3.05, 3.63) is 63.4 Å². The lowest BCUT2D eigenvalue weighted by atomic mass is 9.94. The predicted octanol–water partition coefficient (Wildman–Crippen LogP) is 3.48. The second-order valence-electron chi connectivity index (χ2n) is 4.47. The van der Waals surface area contributed by atoms with Gasteiger partial charge in [-0.25, -0.2) is 4.98 Å². The van der Waals surface area contributed by atoms with E-state index in [4.69, 9.17) is 0 Å². The Bertz CT molecular complexity index is 656. The minimum absolute atomic E-state index is 0.0381. The van der Waals surface area contributed by atoms with E-state index in [1.54, 1.807) is 13.1 Å². The minimum atomic E-state index is -0.0486. The molecule has 0 saturated heterocycles. The van der Waals surface area contributed by atoms with Crippen LogP contribution in [0.4, 0.5) is 0 Å². The van der Waals surface area contributed by atoms with Crippen LogP contribution in [0.3, 0.4) is 0 Å². The fourth-order valence-corrected chi connectivity index (χ4v) is 2.52. The average Bonchev–Trinajstić information content (AvgIpc) is 2.52. The molecule has 1 aromatic carbocycles. The molecule has 0 amide bonds. The highest BCUT2D eigenvalue weighted by atomic mass is 32.1. The van der Waals surface area contributed by atoms with Crippen molar-refractivity contribution in [2.24, 2.45) is 0 Å². The molecule has 2 rings (SSSR count). The molecule has 2 nitrogen and oxygen atoms in total. The minimum Gasteiger partial charge on any atom is -0.289 e. The van der Waals surface area contributed by atoms with E-state index in [0.717, 1.165) is 5.56 Å². The highest BCUT2D eigenvalue weighted by molar-refractivity contribution is 7.80. The molecule has 0 bridgehead atoms. The van der Waals surface area contributed by atoms with Crippen LogP contribution in [0.15, 0.2) is 51.2 Å². The van der Waals surface area contributed by atoms with Gasteiger partial charge in [-0.15, -0.1) is 25.3 Å². The van der Waals surface area contributed by atoms with E-state index in [2.05, 4.69) is 30.2 Å². The van der Waals surface area contributed by atoms with Gasteiger partial charge in [0.15, 0.2) is 5.43 Å². The van der Waals surface area contributed by atoms with Crippen LogP contribution in [0.5, 0.6) is 0 Å². The lowest BCUT2D eigenvalue weighted by Gasteiger charge is -2.11. The standard InChI is InChI=1S/C15H15NOS2/c1-9(11-6-4-3-5-7-11)13-14(17)10(2)12(18)8-16-15(13)19/h3-9,18-19H,1-2H3/t9-/m1/s1. The Hall–Kier alpha value is -1.26. The van der Waals surface area contributed by atoms with Crippen molar-refractivity contribution in [1.29, 1.82) is 0 Å². The zero-order valence-corrected chi connectivity index (χ0v) is 12.6. The number of benzene rings is 1. The zero-order chi connectivity index (χ0) is 14.0. The first-order valence-corrected chi connectivity index (χ1v) is 6.88. The lowest BCUT2D eigenvalue weighted by molar-refractivity contribution is 0.863. The van der Waals surface area contributed by atoms with E-state index >= 15 is 0 Å². The van der Waals surface area contributed by atoms with Crippen LogP contribution >= 0.6 is 25.3 Å². The second kappa shape index (κ2) is 5.80. The van der Waals surface area contributed by atoms with Crippen molar-refractivity contribution in [2.45, 2.75) is 29.7 Å². The molecule has 0 fully saturated rings. The van der Waals surface area contributed by atoms with Crippen molar-refractivity contribution in [2.75, 3.05) is 0 Å². The molecule has 4 heteroatoms. The van der Waals surface area contributed by atoms with Crippen molar-refractivity contribution in [3.8, 4) is 0 Å². The van der Waals surface area contributed by atoms with Gasteiger partial charge >= 0.3 is 0 Å². The summed E-state index contributed by atoms with van der Waals surface area (Å²) < 4.78 is 0. The number of hydrogen-bond acceptors (Lipinski definition) is 4. The molecular weight excluding hydrogens is 274 g/mol. The maximum atomic E-state index is 12.5. The van der Waals surface area contributed by atoms with E-state index in [1.807, 2.05) is 37.3 Å². The number of thiol groups is 2. The summed E-state index contributed by atoms with van der Waals surface area (Å²) in [6.45, 7) is 3.76. The molecule has 19 heavy (non-hydrogen) atoms. The van der Waals surface area contributed by atoms with E-state index in [9.17, 15) is 4.79 Å². The number of hydrogen-bond donors (Lipinski definition) is 2. The summed E-state index contributed by atoms with van der Waals surface area (Å²) >= 11 is 8.63. The van der Waals surface area contributed by atoms with Crippen LogP contribution in [-0.4, -0.2) is 4.98 Å². The topological polar surface area (TPSA) is 30.0 Å². The van der Waals surface area contributed by atoms with Gasteiger partial charge in [-0.2, -0.15) is 0 Å². The van der Waals surface area contributed by atoms with Crippen LogP contribution in [0.1, 0.15) is 29.5 Å². The molecule has 0 unspecified atom stereocenters. The van der Waals surface area contributed by atoms with Gasteiger partial charge < -0.3 is 0 Å². The summed E-state index contributed by atoms with van der Waals surface area (Å²) in [4.78, 5) is 17.3. The summed E-state index contributed by atoms with van der Waals surface area (Å²) in [5, 5.41) is 0.463. The van der Waals surface area contributed by atoms with Gasteiger partial charge in [-0.3, -0.25) is 4.79 Å². The lowest BCUT2D eigenvalue weighted by Crippen LogP contribution is -2.14. The van der Waals surface area contributed by atoms with E-state index in [0.29, 0.717) is 21.0 Å². The molecular formula is C15H15NOS2. The van der Waals surface area contributed by atoms with Crippen LogP contribution in [0, 0.1) is 6.92 Å². The Morgan fingerprint density at radius 3 is 2.42 bits per heavy atom. The third kappa shape index (κ3) is 2.85. The third-order valence-electron chi connectivity index (χ3n) is 3.25. The quantitative estimate of drug-likeness (QED) is 0.829. The predicted molar refractivity (Wildman–Crippen MR) is 83.7 cm³/mol. The average molecular weight is 289 g/mol. The van der Waals surface area contributed by atoms with Gasteiger partial charge in [0.25, 0.3) is 0 Å². The summed E-state index contributed by atoms with van der Waals surface area (Å²) in [6.07, 6.45) is 1.57. The Morgan fingerprint density at radius 2 is 1.79 bits per heavy atom. The molecule has 0 saturated carbocycles. The molecule has 1 atom stereocenters. The maximum absolute atomic E-state index is 12.5. The Kier molecular flexibility index (Phi) is 4.32. The molecule has 0 aliphatic rings. The Morgan fingerprint density at radius 1 is 1.16 bits per heavy atom.